The van der Waals surface area contributed by atoms with Crippen LogP contribution in [0.1, 0.15) is 39.5 Å². The second-order valence-electron chi connectivity index (χ2n) is 5.81. The highest BCUT2D eigenvalue weighted by Crippen LogP contribution is 2.16. The lowest BCUT2D eigenvalue weighted by molar-refractivity contribution is -0.143. The zero-order valence-electron chi connectivity index (χ0n) is 13.4. The van der Waals surface area contributed by atoms with Gasteiger partial charge in [-0.15, -0.1) is 0 Å². The van der Waals surface area contributed by atoms with Crippen LogP contribution in [-0.4, -0.2) is 54.1 Å². The Morgan fingerprint density at radius 2 is 1.77 bits per heavy atom. The number of likely N-dealkylation sites (tertiary alicyclic amines) is 1. The molecule has 0 aromatic rings. The van der Waals surface area contributed by atoms with E-state index in [-0.39, 0.29) is 23.8 Å². The normalized spacial score (nSPS) is 16.9. The number of nitrogens with one attached hydrogen (secondary N) is 2. The maximum absolute atomic E-state index is 11.9. The summed E-state index contributed by atoms with van der Waals surface area (Å²) in [7, 11) is 0. The standard InChI is InChI=1S/C15H27N3O4/c1-3-4-11(2)13(19)16-7-8-17-15(22)18-9-5-12(6-10-18)14(20)21/h11-12H,3-10H2,1-2H3,(H,16,19)(H,17,22)(H,20,21). The van der Waals surface area contributed by atoms with Gasteiger partial charge in [-0.25, -0.2) is 4.79 Å². The van der Waals surface area contributed by atoms with E-state index < -0.39 is 5.97 Å². The second kappa shape index (κ2) is 9.27. The molecule has 0 aromatic carbocycles. The maximum atomic E-state index is 11.9. The zero-order valence-corrected chi connectivity index (χ0v) is 13.4. The summed E-state index contributed by atoms with van der Waals surface area (Å²) in [5.74, 6) is -1.12. The smallest absolute Gasteiger partial charge is 0.317 e. The van der Waals surface area contributed by atoms with Crippen LogP contribution >= 0.6 is 0 Å². The van der Waals surface area contributed by atoms with Crippen molar-refractivity contribution < 1.29 is 19.5 Å². The Labute approximate surface area is 131 Å². The molecule has 0 bridgehead atoms. The molecule has 0 saturated carbocycles. The lowest BCUT2D eigenvalue weighted by Gasteiger charge is -2.30. The van der Waals surface area contributed by atoms with Crippen LogP contribution in [0.3, 0.4) is 0 Å². The lowest BCUT2D eigenvalue weighted by atomic mass is 9.97. The number of rotatable bonds is 7. The number of carbonyl (C=O) groups excluding carboxylic acids is 2. The summed E-state index contributed by atoms with van der Waals surface area (Å²) in [6.45, 7) is 5.64. The van der Waals surface area contributed by atoms with Gasteiger partial charge in [0.05, 0.1) is 5.92 Å². The number of urea groups is 1. The predicted molar refractivity (Wildman–Crippen MR) is 82.4 cm³/mol. The topological polar surface area (TPSA) is 98.7 Å². The highest BCUT2D eigenvalue weighted by Gasteiger charge is 2.26. The molecular formula is C15H27N3O4. The van der Waals surface area contributed by atoms with Crippen molar-refractivity contribution in [2.75, 3.05) is 26.2 Å². The Bertz CT molecular complexity index is 392. The Morgan fingerprint density at radius 1 is 1.18 bits per heavy atom. The fraction of sp³-hybridized carbons (Fsp3) is 0.800. The molecule has 1 aliphatic rings. The molecule has 0 spiro atoms. The zero-order chi connectivity index (χ0) is 16.5. The summed E-state index contributed by atoms with van der Waals surface area (Å²) in [5.41, 5.74) is 0. The first-order valence-electron chi connectivity index (χ1n) is 7.99. The average molecular weight is 313 g/mol. The van der Waals surface area contributed by atoms with Crippen molar-refractivity contribution in [3.8, 4) is 0 Å². The van der Waals surface area contributed by atoms with Gasteiger partial charge in [0.2, 0.25) is 5.91 Å². The molecule has 7 nitrogen and oxygen atoms in total. The quantitative estimate of drug-likeness (QED) is 0.612. The van der Waals surface area contributed by atoms with E-state index in [4.69, 9.17) is 5.11 Å². The molecule has 3 amide bonds. The summed E-state index contributed by atoms with van der Waals surface area (Å²) in [5, 5.41) is 14.5. The van der Waals surface area contributed by atoms with Gasteiger partial charge in [0.1, 0.15) is 0 Å². The van der Waals surface area contributed by atoms with E-state index in [1.807, 2.05) is 13.8 Å². The van der Waals surface area contributed by atoms with Crippen LogP contribution in [0.2, 0.25) is 0 Å². The van der Waals surface area contributed by atoms with E-state index in [1.165, 1.54) is 0 Å². The van der Waals surface area contributed by atoms with Crippen molar-refractivity contribution in [3.63, 3.8) is 0 Å². The third-order valence-corrected chi connectivity index (χ3v) is 4.00. The van der Waals surface area contributed by atoms with Gasteiger partial charge in [-0.2, -0.15) is 0 Å². The molecule has 1 atom stereocenters. The van der Waals surface area contributed by atoms with Crippen molar-refractivity contribution in [1.29, 1.82) is 0 Å². The molecule has 0 aliphatic carbocycles. The van der Waals surface area contributed by atoms with E-state index in [0.717, 1.165) is 12.8 Å². The van der Waals surface area contributed by atoms with Crippen LogP contribution in [-0.2, 0) is 9.59 Å². The molecule has 126 valence electrons. The highest BCUT2D eigenvalue weighted by molar-refractivity contribution is 5.78. The fourth-order valence-corrected chi connectivity index (χ4v) is 2.53. The van der Waals surface area contributed by atoms with Crippen LogP contribution in [0.25, 0.3) is 0 Å². The molecule has 1 aliphatic heterocycles. The average Bonchev–Trinajstić information content (AvgIpc) is 2.51. The third kappa shape index (κ3) is 5.91. The van der Waals surface area contributed by atoms with Gasteiger partial charge in [0.25, 0.3) is 0 Å². The van der Waals surface area contributed by atoms with Gasteiger partial charge in [-0.3, -0.25) is 9.59 Å². The first-order valence-corrected chi connectivity index (χ1v) is 7.99. The minimum atomic E-state index is -0.788. The molecule has 1 saturated heterocycles. The number of carbonyl (C=O) groups is 3. The van der Waals surface area contributed by atoms with Crippen LogP contribution < -0.4 is 10.6 Å². The van der Waals surface area contributed by atoms with E-state index in [2.05, 4.69) is 10.6 Å². The second-order valence-corrected chi connectivity index (χ2v) is 5.81. The summed E-state index contributed by atoms with van der Waals surface area (Å²) in [6, 6.07) is -0.195. The van der Waals surface area contributed by atoms with Crippen LogP contribution in [0.5, 0.6) is 0 Å². The third-order valence-electron chi connectivity index (χ3n) is 4.00. The molecule has 0 aromatic heterocycles. The number of piperidine rings is 1. The predicted octanol–water partition coefficient (Wildman–Crippen LogP) is 1.05. The molecule has 22 heavy (non-hydrogen) atoms. The molecule has 7 heteroatoms. The van der Waals surface area contributed by atoms with Crippen LogP contribution in [0.4, 0.5) is 4.79 Å². The fourth-order valence-electron chi connectivity index (χ4n) is 2.53. The Hall–Kier alpha value is -1.79. The van der Waals surface area contributed by atoms with Gasteiger partial charge in [-0.1, -0.05) is 20.3 Å². The molecule has 1 rings (SSSR count). The van der Waals surface area contributed by atoms with Gasteiger partial charge < -0.3 is 20.6 Å². The molecule has 3 N–H and O–H groups in total. The van der Waals surface area contributed by atoms with E-state index in [9.17, 15) is 14.4 Å². The largest absolute Gasteiger partial charge is 0.481 e. The number of carboxylic acids is 1. The first kappa shape index (κ1) is 18.3. The number of hydrogen-bond donors (Lipinski definition) is 3. The number of nitrogens with zero attached hydrogens (tertiary/aromatic N) is 1. The van der Waals surface area contributed by atoms with Crippen molar-refractivity contribution in [3.05, 3.63) is 0 Å². The van der Waals surface area contributed by atoms with Crippen molar-refractivity contribution in [2.45, 2.75) is 39.5 Å². The van der Waals surface area contributed by atoms with Gasteiger partial charge in [0.15, 0.2) is 0 Å². The molecular weight excluding hydrogens is 286 g/mol. The number of hydrogen-bond acceptors (Lipinski definition) is 3. The summed E-state index contributed by atoms with van der Waals surface area (Å²) < 4.78 is 0. The van der Waals surface area contributed by atoms with Crippen molar-refractivity contribution in [1.82, 2.24) is 15.5 Å². The molecule has 1 heterocycles. The van der Waals surface area contributed by atoms with Crippen molar-refractivity contribution >= 4 is 17.9 Å². The van der Waals surface area contributed by atoms with E-state index in [0.29, 0.717) is 39.0 Å². The number of amides is 3. The van der Waals surface area contributed by atoms with Gasteiger partial charge >= 0.3 is 12.0 Å². The summed E-state index contributed by atoms with van der Waals surface area (Å²) >= 11 is 0. The van der Waals surface area contributed by atoms with E-state index in [1.54, 1.807) is 4.90 Å². The van der Waals surface area contributed by atoms with Crippen LogP contribution in [0, 0.1) is 11.8 Å². The molecule has 1 unspecified atom stereocenters. The number of aliphatic carboxylic acids is 1. The lowest BCUT2D eigenvalue weighted by Crippen LogP contribution is -2.47. The van der Waals surface area contributed by atoms with Crippen LogP contribution in [0.15, 0.2) is 0 Å². The maximum Gasteiger partial charge on any atom is 0.317 e. The number of carboxylic acid groups (broad SMARTS) is 1. The Balaban J connectivity index is 2.16. The van der Waals surface area contributed by atoms with Gasteiger partial charge in [0, 0.05) is 32.1 Å². The molecule has 0 radical (unpaired) electrons. The Morgan fingerprint density at radius 3 is 2.32 bits per heavy atom. The highest BCUT2D eigenvalue weighted by atomic mass is 16.4. The summed E-state index contributed by atoms with van der Waals surface area (Å²) in [6.07, 6.45) is 2.82. The minimum absolute atomic E-state index is 0.00394. The molecule has 1 fully saturated rings. The van der Waals surface area contributed by atoms with Gasteiger partial charge in [-0.05, 0) is 19.3 Å². The SMILES string of the molecule is CCCC(C)C(=O)NCCNC(=O)N1CCC(C(=O)O)CC1. The Kier molecular flexibility index (Phi) is 7.70. The summed E-state index contributed by atoms with van der Waals surface area (Å²) in [4.78, 5) is 36.1. The van der Waals surface area contributed by atoms with Crippen molar-refractivity contribution in [2.24, 2.45) is 11.8 Å². The first-order chi connectivity index (χ1) is 10.5. The monoisotopic (exact) mass is 313 g/mol. The minimum Gasteiger partial charge on any atom is -0.481 e. The van der Waals surface area contributed by atoms with E-state index >= 15 is 0 Å².